The normalized spacial score (nSPS) is 12.0. The average molecular weight is 428 g/mol. The molecule has 0 aliphatic heterocycles. The third-order valence-electron chi connectivity index (χ3n) is 5.13. The Morgan fingerprint density at radius 2 is 1.66 bits per heavy atom. The highest BCUT2D eigenvalue weighted by molar-refractivity contribution is 5.90. The summed E-state index contributed by atoms with van der Waals surface area (Å²) < 4.78 is 5.26. The first-order valence-electron chi connectivity index (χ1n) is 10.5. The Morgan fingerprint density at radius 1 is 0.969 bits per heavy atom. The maximum absolute atomic E-state index is 12.1. The van der Waals surface area contributed by atoms with E-state index >= 15 is 0 Å². The highest BCUT2D eigenvalue weighted by atomic mass is 16.5. The Hall–Kier alpha value is -3.93. The first-order valence-corrected chi connectivity index (χ1v) is 10.5. The van der Waals surface area contributed by atoms with E-state index in [1.165, 1.54) is 0 Å². The van der Waals surface area contributed by atoms with Crippen molar-refractivity contribution in [3.8, 4) is 5.75 Å². The minimum atomic E-state index is -0.356. The minimum Gasteiger partial charge on any atom is -0.505 e. The van der Waals surface area contributed by atoms with E-state index in [-0.39, 0.29) is 23.9 Å². The topological polar surface area (TPSA) is 84.3 Å². The predicted octanol–water partition coefficient (Wildman–Crippen LogP) is 5.41. The maximum Gasteiger partial charge on any atom is 0.338 e. The van der Waals surface area contributed by atoms with E-state index in [0.29, 0.717) is 16.6 Å². The van der Waals surface area contributed by atoms with Crippen LogP contribution in [0.3, 0.4) is 0 Å². The number of hydrogen-bond acceptors (Lipinski definition) is 6. The van der Waals surface area contributed by atoms with Gasteiger partial charge in [-0.05, 0) is 68.8 Å². The second-order valence-corrected chi connectivity index (χ2v) is 7.92. The van der Waals surface area contributed by atoms with Crippen LogP contribution in [-0.2, 0) is 4.74 Å². The number of phenolic OH excluding ortho intramolecular Hbond substituents is 1. The summed E-state index contributed by atoms with van der Waals surface area (Å²) in [5, 5.41) is 15.4. The Bertz CT molecular complexity index is 1240. The molecule has 0 fully saturated rings. The van der Waals surface area contributed by atoms with Gasteiger partial charge in [0.15, 0.2) is 0 Å². The fraction of sp³-hybridized carbons (Fsp3) is 0.192. The number of carbonyl (C=O) groups is 1. The fourth-order valence-electron chi connectivity index (χ4n) is 3.57. The van der Waals surface area contributed by atoms with Crippen LogP contribution < -0.4 is 5.32 Å². The maximum atomic E-state index is 12.1. The van der Waals surface area contributed by atoms with Gasteiger partial charge < -0.3 is 15.2 Å². The zero-order valence-electron chi connectivity index (χ0n) is 18.2. The Balaban J connectivity index is 1.71. The standard InChI is InChI=1S/C26H25N3O3/c1-16(2)32-26(31)20-6-9-21(10-7-20)29-23(19-12-14-27-15-13-19)22-11-8-18-5-4-17(3)28-24(18)25(22)30/h4-16,23,29-30H,1-3H3. The number of nitrogens with zero attached hydrogens (tertiary/aromatic N) is 2. The molecule has 0 bridgehead atoms. The number of esters is 1. The first-order chi connectivity index (χ1) is 15.4. The van der Waals surface area contributed by atoms with Gasteiger partial charge in [-0.15, -0.1) is 0 Å². The molecule has 0 aliphatic rings. The summed E-state index contributed by atoms with van der Waals surface area (Å²) in [4.78, 5) is 20.8. The monoisotopic (exact) mass is 427 g/mol. The molecule has 2 aromatic carbocycles. The van der Waals surface area contributed by atoms with E-state index in [2.05, 4.69) is 15.3 Å². The van der Waals surface area contributed by atoms with Crippen molar-refractivity contribution in [1.29, 1.82) is 0 Å². The lowest BCUT2D eigenvalue weighted by atomic mass is 9.96. The molecule has 6 nitrogen and oxygen atoms in total. The van der Waals surface area contributed by atoms with Gasteiger partial charge in [0.25, 0.3) is 0 Å². The molecule has 0 saturated heterocycles. The summed E-state index contributed by atoms with van der Waals surface area (Å²) in [5.41, 5.74) is 4.32. The first kappa shape index (κ1) is 21.3. The van der Waals surface area contributed by atoms with Gasteiger partial charge in [0.2, 0.25) is 0 Å². The highest BCUT2D eigenvalue weighted by Gasteiger charge is 2.20. The molecule has 4 aromatic rings. The van der Waals surface area contributed by atoms with Crippen LogP contribution in [0.1, 0.15) is 47.1 Å². The van der Waals surface area contributed by atoms with E-state index in [9.17, 15) is 9.90 Å². The second-order valence-electron chi connectivity index (χ2n) is 7.92. The molecule has 2 aromatic heterocycles. The molecular weight excluding hydrogens is 402 g/mol. The van der Waals surface area contributed by atoms with Crippen molar-refractivity contribution in [2.24, 2.45) is 0 Å². The summed E-state index contributed by atoms with van der Waals surface area (Å²) in [6.07, 6.45) is 3.26. The van der Waals surface area contributed by atoms with Gasteiger partial charge in [-0.2, -0.15) is 0 Å². The van der Waals surface area contributed by atoms with Crippen LogP contribution in [0.25, 0.3) is 10.9 Å². The molecule has 4 rings (SSSR count). The molecule has 1 atom stereocenters. The third-order valence-corrected chi connectivity index (χ3v) is 5.13. The van der Waals surface area contributed by atoms with Crippen LogP contribution in [-0.4, -0.2) is 27.1 Å². The smallest absolute Gasteiger partial charge is 0.338 e. The summed E-state index contributed by atoms with van der Waals surface area (Å²) in [7, 11) is 0. The number of anilines is 1. The Kier molecular flexibility index (Phi) is 6.03. The van der Waals surface area contributed by atoms with Crippen molar-refractivity contribution >= 4 is 22.6 Å². The Morgan fingerprint density at radius 3 is 2.34 bits per heavy atom. The molecule has 0 saturated carbocycles. The highest BCUT2D eigenvalue weighted by Crippen LogP contribution is 2.36. The molecule has 0 radical (unpaired) electrons. The molecule has 0 spiro atoms. The van der Waals surface area contributed by atoms with Crippen molar-refractivity contribution in [2.75, 3.05) is 5.32 Å². The lowest BCUT2D eigenvalue weighted by Crippen LogP contribution is -2.14. The zero-order valence-corrected chi connectivity index (χ0v) is 18.2. The molecule has 2 N–H and O–H groups in total. The van der Waals surface area contributed by atoms with Crippen molar-refractivity contribution in [2.45, 2.75) is 32.9 Å². The molecule has 0 amide bonds. The van der Waals surface area contributed by atoms with Crippen molar-refractivity contribution < 1.29 is 14.6 Å². The largest absolute Gasteiger partial charge is 0.505 e. The molecular formula is C26H25N3O3. The van der Waals surface area contributed by atoms with Gasteiger partial charge >= 0.3 is 5.97 Å². The number of nitrogens with one attached hydrogen (secondary N) is 1. The third kappa shape index (κ3) is 4.54. The molecule has 2 heterocycles. The van der Waals surface area contributed by atoms with Crippen molar-refractivity contribution in [3.63, 3.8) is 0 Å². The lowest BCUT2D eigenvalue weighted by Gasteiger charge is -2.22. The number of aromatic hydroxyl groups is 1. The number of aryl methyl sites for hydroxylation is 1. The number of pyridine rings is 2. The number of rotatable bonds is 6. The minimum absolute atomic E-state index is 0.137. The lowest BCUT2D eigenvalue weighted by molar-refractivity contribution is 0.0378. The van der Waals surface area contributed by atoms with Crippen LogP contribution in [0.15, 0.2) is 73.1 Å². The molecule has 1 unspecified atom stereocenters. The number of fused-ring (bicyclic) bond motifs is 1. The van der Waals surface area contributed by atoms with Crippen molar-refractivity contribution in [1.82, 2.24) is 9.97 Å². The number of carbonyl (C=O) groups excluding carboxylic acids is 1. The van der Waals surface area contributed by atoms with Crippen LogP contribution in [0.2, 0.25) is 0 Å². The van der Waals surface area contributed by atoms with Crippen LogP contribution in [0.5, 0.6) is 5.75 Å². The van der Waals surface area contributed by atoms with Gasteiger partial charge in [-0.25, -0.2) is 9.78 Å². The fourth-order valence-corrected chi connectivity index (χ4v) is 3.57. The van der Waals surface area contributed by atoms with E-state index in [4.69, 9.17) is 4.74 Å². The molecule has 0 aliphatic carbocycles. The van der Waals surface area contributed by atoms with Crippen LogP contribution >= 0.6 is 0 Å². The summed E-state index contributed by atoms with van der Waals surface area (Å²) >= 11 is 0. The second kappa shape index (κ2) is 9.06. The zero-order chi connectivity index (χ0) is 22.7. The number of benzene rings is 2. The van der Waals surface area contributed by atoms with Gasteiger partial charge in [0.1, 0.15) is 11.3 Å². The predicted molar refractivity (Wildman–Crippen MR) is 125 cm³/mol. The quantitative estimate of drug-likeness (QED) is 0.400. The Labute approximate surface area is 186 Å². The average Bonchev–Trinajstić information content (AvgIpc) is 2.79. The van der Waals surface area contributed by atoms with Gasteiger partial charge in [0, 0.05) is 34.7 Å². The number of phenols is 1. The van der Waals surface area contributed by atoms with E-state index in [0.717, 1.165) is 22.3 Å². The van der Waals surface area contributed by atoms with Crippen molar-refractivity contribution in [3.05, 3.63) is 95.4 Å². The number of aromatic nitrogens is 2. The molecule has 162 valence electrons. The molecule has 32 heavy (non-hydrogen) atoms. The summed E-state index contributed by atoms with van der Waals surface area (Å²) in [6.45, 7) is 5.54. The molecule has 6 heteroatoms. The summed E-state index contributed by atoms with van der Waals surface area (Å²) in [6, 6.07) is 18.3. The number of ether oxygens (including phenoxy) is 1. The van der Waals surface area contributed by atoms with E-state index in [1.54, 1.807) is 24.5 Å². The van der Waals surface area contributed by atoms with E-state index in [1.807, 2.05) is 69.3 Å². The van der Waals surface area contributed by atoms with Gasteiger partial charge in [-0.1, -0.05) is 18.2 Å². The van der Waals surface area contributed by atoms with Gasteiger partial charge in [-0.3, -0.25) is 4.98 Å². The SMILES string of the molecule is Cc1ccc2ccc(C(Nc3ccc(C(=O)OC(C)C)cc3)c3ccncc3)c(O)c2n1. The van der Waals surface area contributed by atoms with Gasteiger partial charge in [0.05, 0.1) is 17.7 Å². The van der Waals surface area contributed by atoms with Crippen LogP contribution in [0, 0.1) is 6.92 Å². The van der Waals surface area contributed by atoms with E-state index < -0.39 is 0 Å². The van der Waals surface area contributed by atoms with Crippen LogP contribution in [0.4, 0.5) is 5.69 Å². The number of hydrogen-bond donors (Lipinski definition) is 2. The summed E-state index contributed by atoms with van der Waals surface area (Å²) in [5.74, 6) is -0.219.